The number of rotatable bonds is 8. The first kappa shape index (κ1) is 24.7. The molecule has 1 aromatic carbocycles. The molecular formula is C21H33NO7. The lowest BCUT2D eigenvalue weighted by Crippen LogP contribution is -2.43. The second-order valence-corrected chi connectivity index (χ2v) is 8.32. The van der Waals surface area contributed by atoms with Gasteiger partial charge in [-0.1, -0.05) is 18.2 Å². The van der Waals surface area contributed by atoms with Crippen LogP contribution in [0.3, 0.4) is 0 Å². The molecular weight excluding hydrogens is 378 g/mol. The van der Waals surface area contributed by atoms with Crippen molar-refractivity contribution in [3.63, 3.8) is 0 Å². The van der Waals surface area contributed by atoms with Crippen molar-refractivity contribution in [3.05, 3.63) is 29.8 Å². The second kappa shape index (κ2) is 11.0. The zero-order valence-corrected chi connectivity index (χ0v) is 18.4. The summed E-state index contributed by atoms with van der Waals surface area (Å²) < 4.78 is 26.5. The van der Waals surface area contributed by atoms with E-state index in [2.05, 4.69) is 0 Å². The molecule has 0 spiro atoms. The molecule has 2 amide bonds. The Morgan fingerprint density at radius 2 is 1.45 bits per heavy atom. The van der Waals surface area contributed by atoms with Crippen molar-refractivity contribution in [3.8, 4) is 5.75 Å². The average molecular weight is 411 g/mol. The molecule has 0 saturated heterocycles. The van der Waals surface area contributed by atoms with Gasteiger partial charge in [0.05, 0.1) is 13.2 Å². The van der Waals surface area contributed by atoms with E-state index >= 15 is 0 Å². The largest absolute Gasteiger partial charge is 0.491 e. The fourth-order valence-corrected chi connectivity index (χ4v) is 2.14. The molecule has 0 fully saturated rings. The van der Waals surface area contributed by atoms with Crippen LogP contribution in [0.4, 0.5) is 9.59 Å². The molecule has 29 heavy (non-hydrogen) atoms. The van der Waals surface area contributed by atoms with E-state index in [4.69, 9.17) is 23.7 Å². The zero-order chi connectivity index (χ0) is 22.1. The summed E-state index contributed by atoms with van der Waals surface area (Å²) in [6.07, 6.45) is -1.57. The third-order valence-electron chi connectivity index (χ3n) is 3.22. The van der Waals surface area contributed by atoms with Gasteiger partial charge in [0.1, 0.15) is 30.4 Å². The normalized spacial score (nSPS) is 11.7. The summed E-state index contributed by atoms with van der Waals surface area (Å²) in [7, 11) is 1.54. The maximum absolute atomic E-state index is 12.7. The lowest BCUT2D eigenvalue weighted by atomic mass is 10.2. The van der Waals surface area contributed by atoms with Crippen LogP contribution < -0.4 is 4.74 Å². The van der Waals surface area contributed by atoms with Gasteiger partial charge in [-0.05, 0) is 47.6 Å². The van der Waals surface area contributed by atoms with Crippen molar-refractivity contribution < 1.29 is 33.3 Å². The summed E-state index contributed by atoms with van der Waals surface area (Å²) in [5, 5.41) is 0. The van der Waals surface area contributed by atoms with E-state index in [0.717, 1.165) is 4.90 Å². The molecule has 0 N–H and O–H groups in total. The number of hydrogen-bond donors (Lipinski definition) is 0. The van der Waals surface area contributed by atoms with Crippen molar-refractivity contribution >= 4 is 12.2 Å². The van der Waals surface area contributed by atoms with Crippen molar-refractivity contribution in [2.45, 2.75) is 59.3 Å². The van der Waals surface area contributed by atoms with Gasteiger partial charge in [0.15, 0.2) is 0 Å². The molecule has 0 unspecified atom stereocenters. The fourth-order valence-electron chi connectivity index (χ4n) is 2.14. The Kier molecular flexibility index (Phi) is 9.39. The van der Waals surface area contributed by atoms with E-state index < -0.39 is 23.4 Å². The van der Waals surface area contributed by atoms with Crippen LogP contribution in [0, 0.1) is 0 Å². The van der Waals surface area contributed by atoms with E-state index in [1.165, 1.54) is 7.11 Å². The van der Waals surface area contributed by atoms with Crippen LogP contribution in [0.1, 0.15) is 47.1 Å². The van der Waals surface area contributed by atoms with Gasteiger partial charge >= 0.3 is 12.2 Å². The van der Waals surface area contributed by atoms with Gasteiger partial charge in [-0.2, -0.15) is 0 Å². The molecule has 0 atom stereocenters. The van der Waals surface area contributed by atoms with Gasteiger partial charge in [-0.25, -0.2) is 14.5 Å². The minimum Gasteiger partial charge on any atom is -0.491 e. The summed E-state index contributed by atoms with van der Waals surface area (Å²) in [5.74, 6) is 0.533. The third-order valence-corrected chi connectivity index (χ3v) is 3.22. The molecule has 8 heteroatoms. The molecule has 0 aliphatic carbocycles. The van der Waals surface area contributed by atoms with Gasteiger partial charge in [-0.3, -0.25) is 0 Å². The summed E-state index contributed by atoms with van der Waals surface area (Å²) in [6, 6.07) is 7.13. The number of ether oxygens (including phenoxy) is 5. The lowest BCUT2D eigenvalue weighted by Gasteiger charge is -2.29. The van der Waals surface area contributed by atoms with Crippen molar-refractivity contribution in [2.75, 3.05) is 27.1 Å². The molecule has 0 aromatic heterocycles. The standard InChI is InChI=1S/C21H33NO7/c1-20(2,3)28-18(23)22(19(24)29-21(4,5)6)14-16-10-8-9-11-17(16)27-13-12-26-15-25-7/h8-11H,12-15H2,1-7H3. The number of benzene rings is 1. The maximum atomic E-state index is 12.7. The zero-order valence-electron chi connectivity index (χ0n) is 18.4. The molecule has 0 aliphatic rings. The van der Waals surface area contributed by atoms with Gasteiger partial charge < -0.3 is 23.7 Å². The quantitative estimate of drug-likeness (QED) is 0.464. The fraction of sp³-hybridized carbons (Fsp3) is 0.619. The minimum atomic E-state index is -0.787. The summed E-state index contributed by atoms with van der Waals surface area (Å²) in [5.41, 5.74) is -0.881. The Labute approximate surface area is 173 Å². The number of carbonyl (C=O) groups excluding carboxylic acids is 2. The molecule has 0 heterocycles. The van der Waals surface area contributed by atoms with Gasteiger partial charge in [0, 0.05) is 12.7 Å². The molecule has 0 aliphatic heterocycles. The highest BCUT2D eigenvalue weighted by molar-refractivity contribution is 5.88. The number of amides is 2. The van der Waals surface area contributed by atoms with E-state index in [9.17, 15) is 9.59 Å². The smallest absolute Gasteiger partial charge is 0.420 e. The summed E-state index contributed by atoms with van der Waals surface area (Å²) in [6.45, 7) is 11.1. The Morgan fingerprint density at radius 3 is 1.97 bits per heavy atom. The highest BCUT2D eigenvalue weighted by atomic mass is 16.7. The Hall–Kier alpha value is -2.32. The van der Waals surface area contributed by atoms with E-state index in [1.54, 1.807) is 65.8 Å². The van der Waals surface area contributed by atoms with E-state index in [-0.39, 0.29) is 13.3 Å². The van der Waals surface area contributed by atoms with Crippen molar-refractivity contribution in [1.82, 2.24) is 4.90 Å². The Bertz CT molecular complexity index is 634. The molecule has 8 nitrogen and oxygen atoms in total. The topological polar surface area (TPSA) is 83.5 Å². The molecule has 0 bridgehead atoms. The van der Waals surface area contributed by atoms with Crippen molar-refractivity contribution in [2.24, 2.45) is 0 Å². The van der Waals surface area contributed by atoms with Crippen LogP contribution in [-0.2, 0) is 25.5 Å². The number of hydrogen-bond acceptors (Lipinski definition) is 7. The predicted octanol–water partition coefficient (Wildman–Crippen LogP) is 4.36. The van der Waals surface area contributed by atoms with Crippen LogP contribution in [0.15, 0.2) is 24.3 Å². The first-order valence-electron chi connectivity index (χ1n) is 9.44. The second-order valence-electron chi connectivity index (χ2n) is 8.32. The predicted molar refractivity (Wildman–Crippen MR) is 108 cm³/mol. The first-order valence-corrected chi connectivity index (χ1v) is 9.44. The van der Waals surface area contributed by atoms with E-state index in [1.807, 2.05) is 0 Å². The van der Waals surface area contributed by atoms with Crippen LogP contribution in [0.25, 0.3) is 0 Å². The van der Waals surface area contributed by atoms with Gasteiger partial charge in [0.2, 0.25) is 0 Å². The van der Waals surface area contributed by atoms with Crippen LogP contribution >= 0.6 is 0 Å². The van der Waals surface area contributed by atoms with E-state index in [0.29, 0.717) is 24.5 Å². The molecule has 1 rings (SSSR count). The number of imide groups is 1. The number of methoxy groups -OCH3 is 1. The minimum absolute atomic E-state index is 0.0566. The van der Waals surface area contributed by atoms with Crippen LogP contribution in [0.5, 0.6) is 5.75 Å². The van der Waals surface area contributed by atoms with Gasteiger partial charge in [0.25, 0.3) is 0 Å². The summed E-state index contributed by atoms with van der Waals surface area (Å²) >= 11 is 0. The van der Waals surface area contributed by atoms with Gasteiger partial charge in [-0.15, -0.1) is 0 Å². The number of carbonyl (C=O) groups is 2. The number of nitrogens with zero attached hydrogens (tertiary/aromatic N) is 1. The van der Waals surface area contributed by atoms with Crippen LogP contribution in [-0.4, -0.2) is 55.4 Å². The molecule has 164 valence electrons. The molecule has 0 radical (unpaired) electrons. The SMILES string of the molecule is COCOCCOc1ccccc1CN(C(=O)OC(C)(C)C)C(=O)OC(C)(C)C. The lowest BCUT2D eigenvalue weighted by molar-refractivity contribution is -0.0389. The van der Waals surface area contributed by atoms with Crippen LogP contribution in [0.2, 0.25) is 0 Å². The highest BCUT2D eigenvalue weighted by Gasteiger charge is 2.31. The Morgan fingerprint density at radius 1 is 0.897 bits per heavy atom. The highest BCUT2D eigenvalue weighted by Crippen LogP contribution is 2.23. The van der Waals surface area contributed by atoms with Crippen molar-refractivity contribution in [1.29, 1.82) is 0 Å². The molecule has 0 saturated carbocycles. The first-order chi connectivity index (χ1) is 13.4. The maximum Gasteiger partial charge on any atom is 0.420 e. The Balaban J connectivity index is 2.97. The average Bonchev–Trinajstić information content (AvgIpc) is 2.57. The number of para-hydroxylation sites is 1. The summed E-state index contributed by atoms with van der Waals surface area (Å²) in [4.78, 5) is 26.3. The monoisotopic (exact) mass is 411 g/mol. The molecule has 1 aromatic rings. The third kappa shape index (κ3) is 10.1.